The molecule has 158 valence electrons. The smallest absolute Gasteiger partial charge is 0.161 e. The summed E-state index contributed by atoms with van der Waals surface area (Å²) in [5, 5.41) is 3.17. The molecule has 0 unspecified atom stereocenters. The van der Waals surface area contributed by atoms with E-state index in [1.54, 1.807) is 25.6 Å². The second-order valence-electron chi connectivity index (χ2n) is 7.35. The molecule has 3 aromatic rings. The first-order valence-electron chi connectivity index (χ1n) is 10.4. The van der Waals surface area contributed by atoms with Gasteiger partial charge in [-0.2, -0.15) is 0 Å². The zero-order valence-corrected chi connectivity index (χ0v) is 18.6. The maximum atomic E-state index is 5.63. The van der Waals surface area contributed by atoms with Gasteiger partial charge in [-0.25, -0.2) is 4.98 Å². The molecule has 5 nitrogen and oxygen atoms in total. The van der Waals surface area contributed by atoms with E-state index >= 15 is 0 Å². The third-order valence-electron chi connectivity index (χ3n) is 5.47. The maximum absolute atomic E-state index is 5.63. The summed E-state index contributed by atoms with van der Waals surface area (Å²) in [6.45, 7) is 4.52. The van der Waals surface area contributed by atoms with Crippen molar-refractivity contribution in [3.8, 4) is 27.8 Å². The van der Waals surface area contributed by atoms with Gasteiger partial charge in [0.2, 0.25) is 0 Å². The predicted octanol–water partition coefficient (Wildman–Crippen LogP) is 5.56. The second kappa shape index (κ2) is 9.49. The molecule has 6 heteroatoms. The molecule has 1 saturated heterocycles. The van der Waals surface area contributed by atoms with E-state index in [9.17, 15) is 0 Å². The molecule has 0 bridgehead atoms. The molecule has 0 aliphatic carbocycles. The third-order valence-corrected chi connectivity index (χ3v) is 6.41. The molecule has 1 atom stereocenters. The molecule has 1 aliphatic rings. The summed E-state index contributed by atoms with van der Waals surface area (Å²) in [6.07, 6.45) is 2.37. The molecule has 0 N–H and O–H groups in total. The Balaban J connectivity index is 1.50. The van der Waals surface area contributed by atoms with Crippen molar-refractivity contribution in [1.82, 2.24) is 9.88 Å². The highest BCUT2D eigenvalue weighted by atomic mass is 32.1. The van der Waals surface area contributed by atoms with E-state index < -0.39 is 0 Å². The van der Waals surface area contributed by atoms with E-state index in [0.29, 0.717) is 12.6 Å². The van der Waals surface area contributed by atoms with Crippen molar-refractivity contribution < 1.29 is 14.2 Å². The van der Waals surface area contributed by atoms with Crippen LogP contribution < -0.4 is 14.2 Å². The lowest BCUT2D eigenvalue weighted by atomic mass is 10.0. The highest BCUT2D eigenvalue weighted by molar-refractivity contribution is 7.13. The van der Waals surface area contributed by atoms with E-state index in [1.807, 2.05) is 31.2 Å². The van der Waals surface area contributed by atoms with Gasteiger partial charge in [0, 0.05) is 23.5 Å². The molecule has 1 aliphatic heterocycles. The van der Waals surface area contributed by atoms with Crippen molar-refractivity contribution >= 4 is 11.3 Å². The van der Waals surface area contributed by atoms with Crippen LogP contribution in [0, 0.1) is 0 Å². The number of hydrogen-bond donors (Lipinski definition) is 0. The zero-order chi connectivity index (χ0) is 20.9. The SMILES string of the molecule is CCOc1ccc(-c2nc(CN3CCC[C@H]3c3cccc(OC)c3)cs2)cc1OC. The number of thiazole rings is 1. The number of benzene rings is 2. The van der Waals surface area contributed by atoms with Crippen LogP contribution in [0.1, 0.15) is 37.1 Å². The normalized spacial score (nSPS) is 16.6. The number of aromatic nitrogens is 1. The molecule has 2 aromatic carbocycles. The summed E-state index contributed by atoms with van der Waals surface area (Å²) >= 11 is 1.67. The minimum atomic E-state index is 0.413. The van der Waals surface area contributed by atoms with Crippen LogP contribution in [0.5, 0.6) is 17.2 Å². The minimum Gasteiger partial charge on any atom is -0.497 e. The lowest BCUT2D eigenvalue weighted by Gasteiger charge is -2.24. The number of nitrogens with zero attached hydrogens (tertiary/aromatic N) is 2. The van der Waals surface area contributed by atoms with Gasteiger partial charge in [-0.3, -0.25) is 4.90 Å². The second-order valence-corrected chi connectivity index (χ2v) is 8.21. The summed E-state index contributed by atoms with van der Waals surface area (Å²) < 4.78 is 16.5. The Bertz CT molecular complexity index is 988. The van der Waals surface area contributed by atoms with Crippen LogP contribution in [-0.2, 0) is 6.54 Å². The van der Waals surface area contributed by atoms with Crippen molar-refractivity contribution in [1.29, 1.82) is 0 Å². The summed E-state index contributed by atoms with van der Waals surface area (Å²) in [7, 11) is 3.39. The van der Waals surface area contributed by atoms with Crippen LogP contribution in [-0.4, -0.2) is 37.3 Å². The molecule has 1 aromatic heterocycles. The Morgan fingerprint density at radius 1 is 1.10 bits per heavy atom. The van der Waals surface area contributed by atoms with Crippen molar-refractivity contribution in [3.05, 3.63) is 59.1 Å². The van der Waals surface area contributed by atoms with Gasteiger partial charge in [-0.05, 0) is 62.2 Å². The molecule has 0 amide bonds. The van der Waals surface area contributed by atoms with E-state index in [2.05, 4.69) is 28.5 Å². The van der Waals surface area contributed by atoms with E-state index in [-0.39, 0.29) is 0 Å². The number of rotatable bonds is 8. The van der Waals surface area contributed by atoms with Crippen LogP contribution in [0.4, 0.5) is 0 Å². The molecule has 0 saturated carbocycles. The van der Waals surface area contributed by atoms with Gasteiger partial charge in [0.15, 0.2) is 11.5 Å². The first-order chi connectivity index (χ1) is 14.7. The molecule has 2 heterocycles. The largest absolute Gasteiger partial charge is 0.497 e. The van der Waals surface area contributed by atoms with Crippen LogP contribution >= 0.6 is 11.3 Å². The Morgan fingerprint density at radius 3 is 2.80 bits per heavy atom. The van der Waals surface area contributed by atoms with E-state index in [4.69, 9.17) is 19.2 Å². The first-order valence-corrected chi connectivity index (χ1v) is 11.2. The van der Waals surface area contributed by atoms with Gasteiger partial charge in [-0.15, -0.1) is 11.3 Å². The van der Waals surface area contributed by atoms with Crippen molar-refractivity contribution in [2.45, 2.75) is 32.4 Å². The Kier molecular flexibility index (Phi) is 6.55. The molecule has 1 fully saturated rings. The molecular weight excluding hydrogens is 396 g/mol. The topological polar surface area (TPSA) is 43.8 Å². The Morgan fingerprint density at radius 2 is 2.00 bits per heavy atom. The molecule has 0 spiro atoms. The maximum Gasteiger partial charge on any atom is 0.161 e. The Labute approximate surface area is 182 Å². The summed E-state index contributed by atoms with van der Waals surface area (Å²) in [4.78, 5) is 7.43. The first kappa shape index (κ1) is 20.7. The fourth-order valence-electron chi connectivity index (χ4n) is 4.04. The standard InChI is InChI=1S/C24H28N2O3S/c1-4-29-22-11-10-18(14-23(22)28-3)24-25-19(16-30-24)15-26-12-6-9-21(26)17-7-5-8-20(13-17)27-2/h5,7-8,10-11,13-14,16,21H,4,6,9,12,15H2,1-3H3/t21-/m0/s1. The summed E-state index contributed by atoms with van der Waals surface area (Å²) in [5.74, 6) is 2.42. The van der Waals surface area contributed by atoms with Crippen LogP contribution in [0.3, 0.4) is 0 Å². The molecular formula is C24H28N2O3S. The highest BCUT2D eigenvalue weighted by Crippen LogP contribution is 2.36. The minimum absolute atomic E-state index is 0.413. The van der Waals surface area contributed by atoms with Gasteiger partial charge in [0.25, 0.3) is 0 Å². The van der Waals surface area contributed by atoms with Crippen LogP contribution in [0.15, 0.2) is 47.8 Å². The molecule has 30 heavy (non-hydrogen) atoms. The van der Waals surface area contributed by atoms with Crippen molar-refractivity contribution in [2.24, 2.45) is 0 Å². The predicted molar refractivity (Wildman–Crippen MR) is 121 cm³/mol. The summed E-state index contributed by atoms with van der Waals surface area (Å²) in [5.41, 5.74) is 3.48. The third kappa shape index (κ3) is 4.45. The van der Waals surface area contributed by atoms with Crippen LogP contribution in [0.2, 0.25) is 0 Å². The van der Waals surface area contributed by atoms with Gasteiger partial charge < -0.3 is 14.2 Å². The monoisotopic (exact) mass is 424 g/mol. The highest BCUT2D eigenvalue weighted by Gasteiger charge is 2.27. The van der Waals surface area contributed by atoms with E-state index in [0.717, 1.165) is 46.6 Å². The van der Waals surface area contributed by atoms with Crippen LogP contribution in [0.25, 0.3) is 10.6 Å². The van der Waals surface area contributed by atoms with Crippen molar-refractivity contribution in [3.63, 3.8) is 0 Å². The quantitative estimate of drug-likeness (QED) is 0.473. The molecule has 4 rings (SSSR count). The average Bonchev–Trinajstić information content (AvgIpc) is 3.44. The number of methoxy groups -OCH3 is 2. The van der Waals surface area contributed by atoms with Crippen molar-refractivity contribution in [2.75, 3.05) is 27.4 Å². The number of hydrogen-bond acceptors (Lipinski definition) is 6. The van der Waals surface area contributed by atoms with Gasteiger partial charge in [-0.1, -0.05) is 12.1 Å². The average molecular weight is 425 g/mol. The lowest BCUT2D eigenvalue weighted by molar-refractivity contribution is 0.245. The summed E-state index contributed by atoms with van der Waals surface area (Å²) in [6, 6.07) is 14.8. The van der Waals surface area contributed by atoms with Gasteiger partial charge in [0.05, 0.1) is 26.5 Å². The van der Waals surface area contributed by atoms with E-state index in [1.165, 1.54) is 18.4 Å². The van der Waals surface area contributed by atoms with Gasteiger partial charge in [0.1, 0.15) is 10.8 Å². The lowest BCUT2D eigenvalue weighted by Crippen LogP contribution is -2.22. The zero-order valence-electron chi connectivity index (χ0n) is 17.8. The number of likely N-dealkylation sites (tertiary alicyclic amines) is 1. The van der Waals surface area contributed by atoms with Gasteiger partial charge >= 0.3 is 0 Å². The fraction of sp³-hybridized carbons (Fsp3) is 0.375. The molecule has 0 radical (unpaired) electrons. The fourth-order valence-corrected chi connectivity index (χ4v) is 4.85. The number of ether oxygens (including phenoxy) is 3. The Hall–Kier alpha value is -2.57.